The number of aromatic nitrogens is 1. The first-order valence-corrected chi connectivity index (χ1v) is 18.4. The molecule has 2 heterocycles. The fourth-order valence-electron chi connectivity index (χ4n) is 5.60. The average Bonchev–Trinajstić information content (AvgIpc) is 3.04. The number of piperazine rings is 1. The number of amides is 1. The summed E-state index contributed by atoms with van der Waals surface area (Å²) in [5, 5.41) is 3.05. The van der Waals surface area contributed by atoms with Crippen molar-refractivity contribution in [1.29, 1.82) is 0 Å². The van der Waals surface area contributed by atoms with E-state index in [1.165, 1.54) is 51.4 Å². The van der Waals surface area contributed by atoms with Gasteiger partial charge in [0, 0.05) is 45.0 Å². The van der Waals surface area contributed by atoms with E-state index in [4.69, 9.17) is 4.18 Å². The highest BCUT2D eigenvalue weighted by Gasteiger charge is 2.21. The van der Waals surface area contributed by atoms with Gasteiger partial charge in [0.2, 0.25) is 0 Å². The van der Waals surface area contributed by atoms with Crippen LogP contribution < -0.4 is 10.2 Å². The maximum absolute atomic E-state index is 12.5. The Hall–Kier alpha value is -2.49. The number of anilines is 1. The van der Waals surface area contributed by atoms with Gasteiger partial charge in [-0.05, 0) is 57.4 Å². The van der Waals surface area contributed by atoms with E-state index in [2.05, 4.69) is 33.9 Å². The molecule has 1 amide bonds. The molecule has 0 radical (unpaired) electrons. The Labute approximate surface area is 267 Å². The van der Waals surface area contributed by atoms with Crippen LogP contribution in [0.1, 0.15) is 113 Å². The van der Waals surface area contributed by atoms with Crippen LogP contribution in [0.15, 0.2) is 47.5 Å². The predicted octanol–water partition coefficient (Wildman–Crippen LogP) is 7.13. The number of nitrogens with zero attached hydrogens (tertiary/aromatic N) is 3. The van der Waals surface area contributed by atoms with Crippen molar-refractivity contribution in [2.24, 2.45) is 0 Å². The molecule has 1 N–H and O–H groups in total. The highest BCUT2D eigenvalue weighted by atomic mass is 32.2. The van der Waals surface area contributed by atoms with Crippen molar-refractivity contribution in [3.63, 3.8) is 0 Å². The van der Waals surface area contributed by atoms with Crippen LogP contribution in [-0.4, -0.2) is 69.6 Å². The van der Waals surface area contributed by atoms with Crippen LogP contribution in [0, 0.1) is 6.92 Å². The SMILES string of the molecule is CCC(C)N1CCN(c2ccc(C(=O)NCCCCCCCCCCCCCCOS(=O)(=O)c3ccc(C)cc3)cn2)CC1. The first kappa shape index (κ1) is 36.0. The molecular weight excluding hydrogens is 572 g/mol. The van der Waals surface area contributed by atoms with Gasteiger partial charge in [-0.3, -0.25) is 13.9 Å². The summed E-state index contributed by atoms with van der Waals surface area (Å²) in [6.07, 6.45) is 16.6. The Balaban J connectivity index is 1.10. The molecule has 9 heteroatoms. The lowest BCUT2D eigenvalue weighted by Crippen LogP contribution is -2.49. The summed E-state index contributed by atoms with van der Waals surface area (Å²) < 4.78 is 29.6. The average molecular weight is 629 g/mol. The third kappa shape index (κ3) is 12.9. The van der Waals surface area contributed by atoms with Gasteiger partial charge >= 0.3 is 0 Å². The maximum Gasteiger partial charge on any atom is 0.296 e. The lowest BCUT2D eigenvalue weighted by atomic mass is 10.1. The van der Waals surface area contributed by atoms with Crippen LogP contribution in [0.3, 0.4) is 0 Å². The molecule has 1 aromatic carbocycles. The molecule has 1 fully saturated rings. The Morgan fingerprint density at radius 2 is 1.41 bits per heavy atom. The fraction of sp³-hybridized carbons (Fsp3) is 0.657. The summed E-state index contributed by atoms with van der Waals surface area (Å²) in [7, 11) is -3.64. The van der Waals surface area contributed by atoms with Crippen LogP contribution in [0.25, 0.3) is 0 Å². The zero-order chi connectivity index (χ0) is 31.6. The highest BCUT2D eigenvalue weighted by Crippen LogP contribution is 2.17. The van der Waals surface area contributed by atoms with E-state index in [1.807, 2.05) is 19.1 Å². The molecular formula is C35H56N4O4S. The molecule has 0 bridgehead atoms. The molecule has 1 saturated heterocycles. The van der Waals surface area contributed by atoms with Crippen LogP contribution in [0.2, 0.25) is 0 Å². The lowest BCUT2D eigenvalue weighted by Gasteiger charge is -2.38. The van der Waals surface area contributed by atoms with E-state index in [9.17, 15) is 13.2 Å². The fourth-order valence-corrected chi connectivity index (χ4v) is 6.54. The molecule has 1 unspecified atom stereocenters. The molecule has 3 rings (SSSR count). The topological polar surface area (TPSA) is 91.8 Å². The second-order valence-electron chi connectivity index (χ2n) is 12.3. The van der Waals surface area contributed by atoms with Crippen molar-refractivity contribution in [3.8, 4) is 0 Å². The predicted molar refractivity (Wildman–Crippen MR) is 180 cm³/mol. The number of nitrogens with one attached hydrogen (secondary N) is 1. The first-order chi connectivity index (χ1) is 21.3. The molecule has 1 atom stereocenters. The van der Waals surface area contributed by atoms with E-state index < -0.39 is 10.1 Å². The van der Waals surface area contributed by atoms with Crippen molar-refractivity contribution in [1.82, 2.24) is 15.2 Å². The second-order valence-corrected chi connectivity index (χ2v) is 13.9. The van der Waals surface area contributed by atoms with Crippen LogP contribution in [-0.2, 0) is 14.3 Å². The van der Waals surface area contributed by atoms with E-state index in [1.54, 1.807) is 30.5 Å². The van der Waals surface area contributed by atoms with Crippen LogP contribution in [0.4, 0.5) is 5.82 Å². The lowest BCUT2D eigenvalue weighted by molar-refractivity contribution is 0.0952. The van der Waals surface area contributed by atoms with E-state index >= 15 is 0 Å². The summed E-state index contributed by atoms with van der Waals surface area (Å²) in [5.74, 6) is 0.922. The van der Waals surface area contributed by atoms with Crippen LogP contribution in [0.5, 0.6) is 0 Å². The Bertz CT molecular complexity index is 1180. The third-order valence-corrected chi connectivity index (χ3v) is 10.1. The van der Waals surface area contributed by atoms with Crippen molar-refractivity contribution < 1.29 is 17.4 Å². The summed E-state index contributed by atoms with van der Waals surface area (Å²) >= 11 is 0. The molecule has 2 aromatic rings. The minimum absolute atomic E-state index is 0.0366. The number of hydrogen-bond acceptors (Lipinski definition) is 7. The summed E-state index contributed by atoms with van der Waals surface area (Å²) in [4.78, 5) is 22.2. The Morgan fingerprint density at radius 1 is 0.841 bits per heavy atom. The summed E-state index contributed by atoms with van der Waals surface area (Å²) in [5.41, 5.74) is 1.66. The van der Waals surface area contributed by atoms with Crippen molar-refractivity contribution in [2.75, 3.05) is 44.2 Å². The monoisotopic (exact) mass is 628 g/mol. The molecule has 1 aliphatic rings. The standard InChI is InChI=1S/C35H56N4O4S/c1-4-31(3)38-24-26-39(27-25-38)34-22-19-32(29-37-34)35(40)36-23-15-13-11-9-7-5-6-8-10-12-14-16-28-43-44(41,42)33-20-17-30(2)18-21-33/h17-22,29,31H,4-16,23-28H2,1-3H3,(H,36,40). The van der Waals surface area contributed by atoms with Gasteiger partial charge in [0.1, 0.15) is 5.82 Å². The largest absolute Gasteiger partial charge is 0.354 e. The van der Waals surface area contributed by atoms with Gasteiger partial charge in [0.15, 0.2) is 0 Å². The molecule has 8 nitrogen and oxygen atoms in total. The molecule has 246 valence electrons. The number of aryl methyl sites for hydroxylation is 1. The zero-order valence-corrected chi connectivity index (χ0v) is 28.3. The maximum atomic E-state index is 12.5. The molecule has 1 aromatic heterocycles. The van der Waals surface area contributed by atoms with Gasteiger partial charge < -0.3 is 10.2 Å². The Morgan fingerprint density at radius 3 is 1.95 bits per heavy atom. The summed E-state index contributed by atoms with van der Waals surface area (Å²) in [6, 6.07) is 11.3. The number of carbonyl (C=O) groups is 1. The van der Waals surface area contributed by atoms with Gasteiger partial charge in [-0.25, -0.2) is 4.98 Å². The minimum atomic E-state index is -3.64. The summed E-state index contributed by atoms with van der Waals surface area (Å²) in [6.45, 7) is 11.5. The molecule has 1 aliphatic heterocycles. The number of hydrogen-bond donors (Lipinski definition) is 1. The molecule has 44 heavy (non-hydrogen) atoms. The smallest absolute Gasteiger partial charge is 0.296 e. The van der Waals surface area contributed by atoms with E-state index in [0.717, 1.165) is 69.7 Å². The highest BCUT2D eigenvalue weighted by molar-refractivity contribution is 7.86. The normalized spacial score (nSPS) is 14.9. The minimum Gasteiger partial charge on any atom is -0.354 e. The van der Waals surface area contributed by atoms with E-state index in [-0.39, 0.29) is 17.4 Å². The molecule has 0 saturated carbocycles. The quantitative estimate of drug-likeness (QED) is 0.116. The number of benzene rings is 1. The van der Waals surface area contributed by atoms with Gasteiger partial charge in [-0.1, -0.05) is 88.8 Å². The molecule has 0 aliphatic carbocycles. The van der Waals surface area contributed by atoms with Crippen LogP contribution >= 0.6 is 0 Å². The molecule has 0 spiro atoms. The zero-order valence-electron chi connectivity index (χ0n) is 27.4. The van der Waals surface area contributed by atoms with Gasteiger partial charge in [0.05, 0.1) is 17.1 Å². The van der Waals surface area contributed by atoms with Gasteiger partial charge in [-0.2, -0.15) is 8.42 Å². The Kier molecular flexibility index (Phi) is 16.2. The number of rotatable bonds is 21. The number of carbonyl (C=O) groups excluding carboxylic acids is 1. The third-order valence-electron chi connectivity index (χ3n) is 8.77. The van der Waals surface area contributed by atoms with Gasteiger partial charge in [-0.15, -0.1) is 0 Å². The second kappa shape index (κ2) is 19.8. The number of unbranched alkanes of at least 4 members (excludes halogenated alkanes) is 11. The van der Waals surface area contributed by atoms with Crippen molar-refractivity contribution in [3.05, 3.63) is 53.7 Å². The van der Waals surface area contributed by atoms with Crippen molar-refractivity contribution in [2.45, 2.75) is 115 Å². The van der Waals surface area contributed by atoms with Crippen molar-refractivity contribution >= 4 is 21.8 Å². The number of pyridine rings is 1. The first-order valence-electron chi connectivity index (χ1n) is 17.0. The van der Waals surface area contributed by atoms with E-state index in [0.29, 0.717) is 18.2 Å². The van der Waals surface area contributed by atoms with Gasteiger partial charge in [0.25, 0.3) is 16.0 Å².